The molecule has 4 aromatic heterocycles. The number of hydrogen-bond acceptors (Lipinski definition) is 6. The number of rotatable bonds is 7. The third-order valence-corrected chi connectivity index (χ3v) is 13.3. The SMILES string of the molecule is CNc1ccc(C#N)cc1-c1nc(-c2ccccc2)nc(-c2cc(C#N)ccc2-n2c3cc(-n4c5ccccc5c5ccccc54)ccc3c3ccc(-n4c5ccccc5c5ccccc54)cc32)n1. The van der Waals surface area contributed by atoms with Crippen molar-refractivity contribution in [3.63, 3.8) is 0 Å². The molecule has 0 spiro atoms. The van der Waals surface area contributed by atoms with E-state index in [4.69, 9.17) is 15.0 Å². The van der Waals surface area contributed by atoms with E-state index in [1.807, 2.05) is 61.6 Å². The van der Waals surface area contributed by atoms with Gasteiger partial charge in [0, 0.05) is 73.1 Å². The molecule has 0 aliphatic rings. The van der Waals surface area contributed by atoms with Gasteiger partial charge in [-0.15, -0.1) is 0 Å². The predicted molar refractivity (Wildman–Crippen MR) is 278 cm³/mol. The zero-order chi connectivity index (χ0) is 46.2. The lowest BCUT2D eigenvalue weighted by atomic mass is 10.1. The molecule has 0 bridgehead atoms. The number of nitriles is 2. The highest BCUT2D eigenvalue weighted by Crippen LogP contribution is 2.42. The van der Waals surface area contributed by atoms with Crippen LogP contribution in [0.4, 0.5) is 5.69 Å². The highest BCUT2D eigenvalue weighted by Gasteiger charge is 2.23. The number of para-hydroxylation sites is 4. The summed E-state index contributed by atoms with van der Waals surface area (Å²) >= 11 is 0. The number of benzene rings is 9. The zero-order valence-electron chi connectivity index (χ0n) is 37.1. The summed E-state index contributed by atoms with van der Waals surface area (Å²) in [6.07, 6.45) is 0. The molecule has 0 aliphatic heterocycles. The van der Waals surface area contributed by atoms with Crippen LogP contribution in [0.15, 0.2) is 200 Å². The fourth-order valence-corrected chi connectivity index (χ4v) is 10.3. The molecule has 0 fully saturated rings. The van der Waals surface area contributed by atoms with Gasteiger partial charge >= 0.3 is 0 Å². The van der Waals surface area contributed by atoms with Gasteiger partial charge in [-0.2, -0.15) is 10.5 Å². The Bertz CT molecular complexity index is 4050. The van der Waals surface area contributed by atoms with Gasteiger partial charge in [0.2, 0.25) is 0 Å². The minimum Gasteiger partial charge on any atom is -0.388 e. The van der Waals surface area contributed by atoms with Crippen LogP contribution in [0.5, 0.6) is 0 Å². The van der Waals surface area contributed by atoms with E-state index >= 15 is 0 Å². The molecule has 9 aromatic carbocycles. The number of nitrogens with zero attached hydrogens (tertiary/aromatic N) is 8. The van der Waals surface area contributed by atoms with E-state index in [1.54, 1.807) is 12.1 Å². The molecule has 9 nitrogen and oxygen atoms in total. The molecule has 13 aromatic rings. The summed E-state index contributed by atoms with van der Waals surface area (Å²) in [5.41, 5.74) is 12.9. The van der Waals surface area contributed by atoms with E-state index in [1.165, 1.54) is 21.5 Å². The summed E-state index contributed by atoms with van der Waals surface area (Å²) in [6.45, 7) is 0. The van der Waals surface area contributed by atoms with Crippen LogP contribution in [0.25, 0.3) is 117 Å². The first-order chi connectivity index (χ1) is 34.1. The van der Waals surface area contributed by atoms with Crippen molar-refractivity contribution in [3.05, 3.63) is 211 Å². The molecule has 0 unspecified atom stereocenters. The summed E-state index contributed by atoms with van der Waals surface area (Å²) in [4.78, 5) is 15.5. The molecule has 322 valence electrons. The van der Waals surface area contributed by atoms with Crippen molar-refractivity contribution in [2.24, 2.45) is 0 Å². The quantitative estimate of drug-likeness (QED) is 0.171. The van der Waals surface area contributed by atoms with Gasteiger partial charge in [0.25, 0.3) is 0 Å². The lowest BCUT2D eigenvalue weighted by Crippen LogP contribution is -2.05. The van der Waals surface area contributed by atoms with Crippen molar-refractivity contribution in [2.45, 2.75) is 0 Å². The average molecular weight is 884 g/mol. The van der Waals surface area contributed by atoms with Gasteiger partial charge in [0.1, 0.15) is 0 Å². The lowest BCUT2D eigenvalue weighted by Gasteiger charge is -2.17. The molecule has 0 amide bonds. The first-order valence-electron chi connectivity index (χ1n) is 22.7. The summed E-state index contributed by atoms with van der Waals surface area (Å²) in [5, 5.41) is 30.7. The van der Waals surface area contributed by atoms with Gasteiger partial charge < -0.3 is 19.0 Å². The van der Waals surface area contributed by atoms with Crippen LogP contribution in [0.2, 0.25) is 0 Å². The highest BCUT2D eigenvalue weighted by molar-refractivity contribution is 6.14. The second-order valence-electron chi connectivity index (χ2n) is 17.1. The molecule has 0 saturated carbocycles. The molecular weight excluding hydrogens is 847 g/mol. The van der Waals surface area contributed by atoms with Crippen LogP contribution >= 0.6 is 0 Å². The van der Waals surface area contributed by atoms with Crippen LogP contribution < -0.4 is 5.32 Å². The normalized spacial score (nSPS) is 11.5. The maximum absolute atomic E-state index is 10.5. The van der Waals surface area contributed by atoms with E-state index in [2.05, 4.69) is 165 Å². The summed E-state index contributed by atoms with van der Waals surface area (Å²) < 4.78 is 6.99. The molecule has 0 aliphatic carbocycles. The smallest absolute Gasteiger partial charge is 0.166 e. The molecule has 0 radical (unpaired) electrons. The second kappa shape index (κ2) is 15.7. The van der Waals surface area contributed by atoms with Crippen molar-refractivity contribution < 1.29 is 0 Å². The van der Waals surface area contributed by atoms with E-state index in [9.17, 15) is 10.5 Å². The van der Waals surface area contributed by atoms with Crippen LogP contribution in [0.1, 0.15) is 11.1 Å². The van der Waals surface area contributed by atoms with Crippen molar-refractivity contribution in [1.29, 1.82) is 10.5 Å². The Kier molecular flexibility index (Phi) is 8.97. The van der Waals surface area contributed by atoms with Crippen LogP contribution in [-0.2, 0) is 0 Å². The number of nitrogens with one attached hydrogen (secondary N) is 1. The fraction of sp³-hybridized carbons (Fsp3) is 0.0167. The fourth-order valence-electron chi connectivity index (χ4n) is 10.3. The zero-order valence-corrected chi connectivity index (χ0v) is 37.1. The van der Waals surface area contributed by atoms with Gasteiger partial charge in [-0.1, -0.05) is 115 Å². The van der Waals surface area contributed by atoms with Crippen LogP contribution in [-0.4, -0.2) is 35.7 Å². The summed E-state index contributed by atoms with van der Waals surface area (Å²) in [5.74, 6) is 1.22. The monoisotopic (exact) mass is 883 g/mol. The average Bonchev–Trinajstić information content (AvgIpc) is 4.05. The minimum atomic E-state index is 0.377. The topological polar surface area (TPSA) is 113 Å². The van der Waals surface area contributed by atoms with Crippen LogP contribution in [0.3, 0.4) is 0 Å². The van der Waals surface area contributed by atoms with E-state index < -0.39 is 0 Å². The van der Waals surface area contributed by atoms with E-state index in [0.717, 1.165) is 72.2 Å². The summed E-state index contributed by atoms with van der Waals surface area (Å²) in [6, 6.07) is 73.3. The highest BCUT2D eigenvalue weighted by atomic mass is 15.1. The number of aromatic nitrogens is 6. The third kappa shape index (κ3) is 6.19. The van der Waals surface area contributed by atoms with Crippen molar-refractivity contribution in [1.82, 2.24) is 28.7 Å². The minimum absolute atomic E-state index is 0.377. The predicted octanol–water partition coefficient (Wildman–Crippen LogP) is 13.9. The van der Waals surface area contributed by atoms with Gasteiger partial charge in [-0.3, -0.25) is 0 Å². The second-order valence-corrected chi connectivity index (χ2v) is 17.1. The molecule has 13 rings (SSSR count). The molecule has 1 N–H and O–H groups in total. The maximum Gasteiger partial charge on any atom is 0.166 e. The lowest BCUT2D eigenvalue weighted by molar-refractivity contribution is 1.06. The number of hydrogen-bond donors (Lipinski definition) is 1. The van der Waals surface area contributed by atoms with Gasteiger partial charge in [0.05, 0.1) is 62.1 Å². The Morgan fingerprint density at radius 1 is 0.377 bits per heavy atom. The van der Waals surface area contributed by atoms with Crippen LogP contribution in [0, 0.1) is 22.7 Å². The largest absolute Gasteiger partial charge is 0.388 e. The third-order valence-electron chi connectivity index (χ3n) is 13.3. The Hall–Kier alpha value is -9.83. The first kappa shape index (κ1) is 39.5. The Balaban J connectivity index is 1.14. The first-order valence-corrected chi connectivity index (χ1v) is 22.7. The number of anilines is 1. The molecule has 0 saturated heterocycles. The van der Waals surface area contributed by atoms with Crippen molar-refractivity contribution in [3.8, 4) is 63.4 Å². The molecular formula is C60H37N9. The Labute approximate surface area is 395 Å². The molecule has 69 heavy (non-hydrogen) atoms. The molecule has 0 atom stereocenters. The van der Waals surface area contributed by atoms with Crippen molar-refractivity contribution >= 4 is 71.1 Å². The molecule has 4 heterocycles. The Morgan fingerprint density at radius 3 is 1.29 bits per heavy atom. The standard InChI is InChI=1S/C60H37N9/c1-63-50-29-23-37(35-61)31-48(50)59-64-58(39-13-3-2-4-14-39)65-60(66-59)49-32-38(36-62)24-30-55(49)69-56-33-40(67-51-19-9-5-15-42(51)43-16-6-10-20-52(43)67)25-27-46(56)47-28-26-41(34-57(47)69)68-53-21-11-7-17-44(53)45-18-8-12-22-54(45)68/h2-34,63H,1H3. The van der Waals surface area contributed by atoms with E-state index in [0.29, 0.717) is 39.7 Å². The van der Waals surface area contributed by atoms with Gasteiger partial charge in [-0.25, -0.2) is 15.0 Å². The number of fused-ring (bicyclic) bond motifs is 9. The van der Waals surface area contributed by atoms with Gasteiger partial charge in [-0.05, 0) is 84.9 Å². The Morgan fingerprint density at radius 2 is 0.797 bits per heavy atom. The van der Waals surface area contributed by atoms with Gasteiger partial charge in [0.15, 0.2) is 17.5 Å². The summed E-state index contributed by atoms with van der Waals surface area (Å²) in [7, 11) is 1.84. The molecule has 9 heteroatoms. The maximum atomic E-state index is 10.5. The van der Waals surface area contributed by atoms with Crippen molar-refractivity contribution in [2.75, 3.05) is 12.4 Å². The van der Waals surface area contributed by atoms with E-state index in [-0.39, 0.29) is 0 Å².